The molecule has 4 rings (SSSR count). The molecule has 0 saturated carbocycles. The van der Waals surface area contributed by atoms with Crippen LogP contribution in [-0.2, 0) is 0 Å². The van der Waals surface area contributed by atoms with Crippen LogP contribution >= 0.6 is 0 Å². The number of H-pyrrole nitrogens is 1. The van der Waals surface area contributed by atoms with Crippen molar-refractivity contribution in [1.82, 2.24) is 9.38 Å². The van der Waals surface area contributed by atoms with E-state index in [2.05, 4.69) is 64.2 Å². The zero-order valence-corrected chi connectivity index (χ0v) is 8.64. The zero-order valence-electron chi connectivity index (χ0n) is 8.64. The molecular weight excluding hydrogens is 196 g/mol. The Hall–Kier alpha value is -2.22. The number of benzene rings is 1. The molecule has 0 bridgehead atoms. The van der Waals surface area contributed by atoms with E-state index < -0.39 is 0 Å². The van der Waals surface area contributed by atoms with E-state index in [-0.39, 0.29) is 0 Å². The van der Waals surface area contributed by atoms with Gasteiger partial charge in [-0.05, 0) is 30.3 Å². The summed E-state index contributed by atoms with van der Waals surface area (Å²) in [6.07, 6.45) is 4.17. The third-order valence-corrected chi connectivity index (χ3v) is 3.19. The fourth-order valence-electron chi connectivity index (χ4n) is 2.45. The van der Waals surface area contributed by atoms with Gasteiger partial charge in [-0.2, -0.15) is 0 Å². The maximum Gasteiger partial charge on any atom is 0.0555 e. The summed E-state index contributed by atoms with van der Waals surface area (Å²) in [6, 6.07) is 14.9. The molecule has 1 N–H and O–H groups in total. The van der Waals surface area contributed by atoms with Crippen molar-refractivity contribution in [2.45, 2.75) is 0 Å². The highest BCUT2D eigenvalue weighted by molar-refractivity contribution is 6.08. The smallest absolute Gasteiger partial charge is 0.0555 e. The zero-order chi connectivity index (χ0) is 10.5. The molecule has 0 spiro atoms. The second kappa shape index (κ2) is 2.67. The Kier molecular flexibility index (Phi) is 1.33. The average molecular weight is 206 g/mol. The SMILES string of the molecule is c1cc2[nH]cc3ccc4cccn4c(c1)c32. The Bertz CT molecular complexity index is 805. The Morgan fingerprint density at radius 2 is 1.94 bits per heavy atom. The minimum Gasteiger partial charge on any atom is -0.361 e. The standard InChI is InChI=1S/C14H10N2/c1-4-12-14-10(9-15-12)6-7-11-3-2-8-16(11)13(14)5-1/h1-9,15H. The van der Waals surface area contributed by atoms with Crippen LogP contribution in [0.1, 0.15) is 0 Å². The summed E-state index contributed by atoms with van der Waals surface area (Å²) in [4.78, 5) is 3.31. The lowest BCUT2D eigenvalue weighted by Crippen LogP contribution is -1.80. The molecule has 0 unspecified atom stereocenters. The first-order valence-corrected chi connectivity index (χ1v) is 5.39. The monoisotopic (exact) mass is 206 g/mol. The van der Waals surface area contributed by atoms with Crippen LogP contribution in [0.5, 0.6) is 0 Å². The third kappa shape index (κ3) is 0.865. The molecule has 4 aromatic rings. The Morgan fingerprint density at radius 3 is 2.94 bits per heavy atom. The van der Waals surface area contributed by atoms with Gasteiger partial charge in [0, 0.05) is 34.2 Å². The van der Waals surface area contributed by atoms with Gasteiger partial charge in [0.1, 0.15) is 0 Å². The van der Waals surface area contributed by atoms with Crippen molar-refractivity contribution in [1.29, 1.82) is 0 Å². The number of nitrogens with one attached hydrogen (secondary N) is 1. The van der Waals surface area contributed by atoms with E-state index in [1.165, 1.54) is 27.3 Å². The third-order valence-electron chi connectivity index (χ3n) is 3.19. The molecule has 1 aromatic carbocycles. The lowest BCUT2D eigenvalue weighted by atomic mass is 10.2. The average Bonchev–Trinajstić information content (AvgIpc) is 2.88. The van der Waals surface area contributed by atoms with Gasteiger partial charge in [0.2, 0.25) is 0 Å². The summed E-state index contributed by atoms with van der Waals surface area (Å²) in [5.41, 5.74) is 3.67. The minimum atomic E-state index is 1.19. The molecular formula is C14H10N2. The van der Waals surface area contributed by atoms with Crippen molar-refractivity contribution in [2.24, 2.45) is 0 Å². The predicted octanol–water partition coefficient (Wildman–Crippen LogP) is 3.57. The summed E-state index contributed by atoms with van der Waals surface area (Å²) in [5, 5.41) is 2.56. The summed E-state index contributed by atoms with van der Waals surface area (Å²) >= 11 is 0. The lowest BCUT2D eigenvalue weighted by Gasteiger charge is -1.97. The van der Waals surface area contributed by atoms with E-state index >= 15 is 0 Å². The molecule has 0 fully saturated rings. The number of rotatable bonds is 0. The van der Waals surface area contributed by atoms with Crippen LogP contribution in [0.15, 0.2) is 54.9 Å². The van der Waals surface area contributed by atoms with E-state index in [1.54, 1.807) is 0 Å². The highest BCUT2D eigenvalue weighted by Crippen LogP contribution is 2.26. The Balaban J connectivity index is 2.50. The number of hydrogen-bond acceptors (Lipinski definition) is 0. The van der Waals surface area contributed by atoms with E-state index in [1.807, 2.05) is 0 Å². The molecule has 2 nitrogen and oxygen atoms in total. The topological polar surface area (TPSA) is 20.2 Å². The summed E-state index contributed by atoms with van der Waals surface area (Å²) in [6.45, 7) is 0. The van der Waals surface area contributed by atoms with Crippen LogP contribution in [-0.4, -0.2) is 9.38 Å². The quantitative estimate of drug-likeness (QED) is 0.454. The highest BCUT2D eigenvalue weighted by atomic mass is 14.9. The fraction of sp³-hybridized carbons (Fsp3) is 0. The van der Waals surface area contributed by atoms with Crippen molar-refractivity contribution in [3.63, 3.8) is 0 Å². The lowest BCUT2D eigenvalue weighted by molar-refractivity contribution is 1.29. The number of aromatic amines is 1. The Labute approximate surface area is 92.1 Å². The van der Waals surface area contributed by atoms with Crippen LogP contribution in [0.4, 0.5) is 0 Å². The van der Waals surface area contributed by atoms with Gasteiger partial charge in [-0.25, -0.2) is 0 Å². The normalized spacial score (nSPS) is 11.8. The van der Waals surface area contributed by atoms with E-state index in [0.29, 0.717) is 0 Å². The number of fused-ring (bicyclic) bond motifs is 2. The van der Waals surface area contributed by atoms with Gasteiger partial charge in [-0.1, -0.05) is 12.1 Å². The summed E-state index contributed by atoms with van der Waals surface area (Å²) in [7, 11) is 0. The molecule has 0 amide bonds. The highest BCUT2D eigenvalue weighted by Gasteiger charge is 2.04. The first kappa shape index (κ1) is 7.99. The Morgan fingerprint density at radius 1 is 0.938 bits per heavy atom. The first-order chi connectivity index (χ1) is 7.93. The van der Waals surface area contributed by atoms with E-state index in [4.69, 9.17) is 0 Å². The molecule has 16 heavy (non-hydrogen) atoms. The number of nitrogens with zero attached hydrogens (tertiary/aromatic N) is 1. The maximum atomic E-state index is 3.31. The maximum absolute atomic E-state index is 3.31. The van der Waals surface area contributed by atoms with Crippen LogP contribution < -0.4 is 0 Å². The molecule has 76 valence electrons. The summed E-state index contributed by atoms with van der Waals surface area (Å²) < 4.78 is 2.23. The van der Waals surface area contributed by atoms with Gasteiger partial charge in [-0.3, -0.25) is 0 Å². The van der Waals surface area contributed by atoms with Gasteiger partial charge in [0.25, 0.3) is 0 Å². The van der Waals surface area contributed by atoms with Crippen molar-refractivity contribution < 1.29 is 0 Å². The second-order valence-electron chi connectivity index (χ2n) is 4.08. The second-order valence-corrected chi connectivity index (χ2v) is 4.08. The van der Waals surface area contributed by atoms with Crippen molar-refractivity contribution in [2.75, 3.05) is 0 Å². The van der Waals surface area contributed by atoms with Gasteiger partial charge in [-0.15, -0.1) is 0 Å². The molecule has 0 aliphatic rings. The molecule has 3 aromatic heterocycles. The van der Waals surface area contributed by atoms with Crippen LogP contribution in [0.25, 0.3) is 27.3 Å². The van der Waals surface area contributed by atoms with Crippen LogP contribution in [0.2, 0.25) is 0 Å². The number of hydrogen-bond donors (Lipinski definition) is 1. The van der Waals surface area contributed by atoms with Gasteiger partial charge >= 0.3 is 0 Å². The first-order valence-electron chi connectivity index (χ1n) is 5.39. The van der Waals surface area contributed by atoms with Gasteiger partial charge in [0.05, 0.1) is 5.52 Å². The minimum absolute atomic E-state index is 1.19. The fourth-order valence-corrected chi connectivity index (χ4v) is 2.45. The van der Waals surface area contributed by atoms with E-state index in [0.717, 1.165) is 0 Å². The number of aromatic nitrogens is 2. The van der Waals surface area contributed by atoms with Gasteiger partial charge in [0.15, 0.2) is 0 Å². The molecule has 0 saturated heterocycles. The molecule has 0 aliphatic heterocycles. The molecule has 3 heterocycles. The van der Waals surface area contributed by atoms with Gasteiger partial charge < -0.3 is 9.38 Å². The molecule has 2 heteroatoms. The summed E-state index contributed by atoms with van der Waals surface area (Å²) in [5.74, 6) is 0. The van der Waals surface area contributed by atoms with Crippen molar-refractivity contribution in [3.8, 4) is 0 Å². The van der Waals surface area contributed by atoms with Crippen molar-refractivity contribution in [3.05, 3.63) is 54.9 Å². The largest absolute Gasteiger partial charge is 0.361 e. The van der Waals surface area contributed by atoms with Crippen LogP contribution in [0.3, 0.4) is 0 Å². The van der Waals surface area contributed by atoms with E-state index in [9.17, 15) is 0 Å². The molecule has 0 radical (unpaired) electrons. The van der Waals surface area contributed by atoms with Crippen LogP contribution in [0, 0.1) is 0 Å². The van der Waals surface area contributed by atoms with Crippen molar-refractivity contribution >= 4 is 27.3 Å². The predicted molar refractivity (Wildman–Crippen MR) is 66.8 cm³/mol. The molecule has 0 aliphatic carbocycles. The molecule has 0 atom stereocenters.